The summed E-state index contributed by atoms with van der Waals surface area (Å²) in [6.07, 6.45) is 1.46. The van der Waals surface area contributed by atoms with E-state index >= 15 is 0 Å². The van der Waals surface area contributed by atoms with Crippen LogP contribution in [0, 0.1) is 0 Å². The highest BCUT2D eigenvalue weighted by molar-refractivity contribution is 6.32. The SMILES string of the molecule is COc1cccc(NCC(=O)N/N=C\c2cc3cc(OC)ccc3nc2Cl)c1. The van der Waals surface area contributed by atoms with E-state index in [9.17, 15) is 4.79 Å². The van der Waals surface area contributed by atoms with Crippen LogP contribution in [0.1, 0.15) is 5.56 Å². The van der Waals surface area contributed by atoms with Crippen molar-refractivity contribution >= 4 is 40.3 Å². The first-order valence-electron chi connectivity index (χ1n) is 8.43. The van der Waals surface area contributed by atoms with E-state index in [1.54, 1.807) is 20.3 Å². The molecule has 1 aromatic heterocycles. The highest BCUT2D eigenvalue weighted by Gasteiger charge is 2.05. The Labute approximate surface area is 167 Å². The fourth-order valence-electron chi connectivity index (χ4n) is 2.49. The second-order valence-corrected chi connectivity index (χ2v) is 6.16. The van der Waals surface area contributed by atoms with Crippen LogP contribution in [0.2, 0.25) is 5.15 Å². The third-order valence-corrected chi connectivity index (χ3v) is 4.22. The fraction of sp³-hybridized carbons (Fsp3) is 0.150. The summed E-state index contributed by atoms with van der Waals surface area (Å²) in [5.74, 6) is 1.13. The number of anilines is 1. The first-order valence-corrected chi connectivity index (χ1v) is 8.81. The number of carbonyl (C=O) groups is 1. The summed E-state index contributed by atoms with van der Waals surface area (Å²) in [5, 5.41) is 8.10. The molecule has 0 aliphatic heterocycles. The van der Waals surface area contributed by atoms with Crippen LogP contribution < -0.4 is 20.2 Å². The minimum Gasteiger partial charge on any atom is -0.497 e. The van der Waals surface area contributed by atoms with Crippen molar-refractivity contribution in [1.82, 2.24) is 10.4 Å². The Bertz CT molecular complexity index is 1020. The lowest BCUT2D eigenvalue weighted by Gasteiger charge is -2.07. The monoisotopic (exact) mass is 398 g/mol. The van der Waals surface area contributed by atoms with Gasteiger partial charge in [0.15, 0.2) is 0 Å². The number of benzene rings is 2. The van der Waals surface area contributed by atoms with Crippen molar-refractivity contribution in [3.63, 3.8) is 0 Å². The third kappa shape index (κ3) is 4.89. The average Bonchev–Trinajstić information content (AvgIpc) is 2.72. The number of amides is 1. The van der Waals surface area contributed by atoms with E-state index in [2.05, 4.69) is 20.8 Å². The van der Waals surface area contributed by atoms with E-state index in [0.717, 1.165) is 22.3 Å². The maximum absolute atomic E-state index is 12.0. The van der Waals surface area contributed by atoms with Crippen LogP contribution in [0.3, 0.4) is 0 Å². The van der Waals surface area contributed by atoms with Crippen LogP contribution in [0.5, 0.6) is 11.5 Å². The molecular formula is C20H19ClN4O3. The van der Waals surface area contributed by atoms with Crippen LogP contribution in [0.4, 0.5) is 5.69 Å². The van der Waals surface area contributed by atoms with Crippen molar-refractivity contribution in [3.8, 4) is 11.5 Å². The molecule has 0 aliphatic carbocycles. The molecule has 3 aromatic rings. The second kappa shape index (κ2) is 9.05. The van der Waals surface area contributed by atoms with Gasteiger partial charge in [0.2, 0.25) is 0 Å². The van der Waals surface area contributed by atoms with Gasteiger partial charge >= 0.3 is 0 Å². The Kier molecular flexibility index (Phi) is 6.29. The van der Waals surface area contributed by atoms with Crippen molar-refractivity contribution in [2.45, 2.75) is 0 Å². The molecule has 0 saturated carbocycles. The Hall–Kier alpha value is -3.32. The van der Waals surface area contributed by atoms with Gasteiger partial charge < -0.3 is 14.8 Å². The summed E-state index contributed by atoms with van der Waals surface area (Å²) in [6, 6.07) is 14.6. The predicted molar refractivity (Wildman–Crippen MR) is 111 cm³/mol. The van der Waals surface area contributed by atoms with Gasteiger partial charge in [0, 0.05) is 22.7 Å². The number of hydrogen-bond donors (Lipinski definition) is 2. The van der Waals surface area contributed by atoms with Crippen LogP contribution in [-0.2, 0) is 4.79 Å². The normalized spacial score (nSPS) is 10.8. The molecule has 2 aromatic carbocycles. The fourth-order valence-corrected chi connectivity index (χ4v) is 2.69. The van der Waals surface area contributed by atoms with E-state index in [-0.39, 0.29) is 12.5 Å². The molecule has 0 unspecified atom stereocenters. The topological polar surface area (TPSA) is 84.8 Å². The zero-order valence-corrected chi connectivity index (χ0v) is 16.2. The molecule has 0 atom stereocenters. The zero-order valence-electron chi connectivity index (χ0n) is 15.4. The van der Waals surface area contributed by atoms with Crippen LogP contribution >= 0.6 is 11.6 Å². The lowest BCUT2D eigenvalue weighted by Crippen LogP contribution is -2.25. The first-order chi connectivity index (χ1) is 13.6. The Morgan fingerprint density at radius 1 is 1.14 bits per heavy atom. The molecule has 0 bridgehead atoms. The number of aromatic nitrogens is 1. The molecule has 7 nitrogen and oxygen atoms in total. The summed E-state index contributed by atoms with van der Waals surface area (Å²) < 4.78 is 10.4. The number of fused-ring (bicyclic) bond motifs is 1. The molecular weight excluding hydrogens is 380 g/mol. The molecule has 0 aliphatic rings. The largest absolute Gasteiger partial charge is 0.497 e. The third-order valence-electron chi connectivity index (χ3n) is 3.92. The molecule has 28 heavy (non-hydrogen) atoms. The van der Waals surface area contributed by atoms with Crippen LogP contribution in [0.25, 0.3) is 10.9 Å². The number of carbonyl (C=O) groups excluding carboxylic acids is 1. The molecule has 1 amide bonds. The summed E-state index contributed by atoms with van der Waals surface area (Å²) in [6.45, 7) is 0.0609. The van der Waals surface area contributed by atoms with Crippen molar-refractivity contribution in [1.29, 1.82) is 0 Å². The smallest absolute Gasteiger partial charge is 0.259 e. The molecule has 1 heterocycles. The first kappa shape index (κ1) is 19.4. The standard InChI is InChI=1S/C20H19ClN4O3/c1-27-16-5-3-4-15(10-16)22-12-19(26)25-23-11-14-8-13-9-17(28-2)6-7-18(13)24-20(14)21/h3-11,22H,12H2,1-2H3,(H,25,26)/b23-11-. The van der Waals surface area contributed by atoms with Crippen LogP contribution in [-0.4, -0.2) is 37.9 Å². The summed E-state index contributed by atoms with van der Waals surface area (Å²) in [7, 11) is 3.19. The number of hydrazone groups is 1. The quantitative estimate of drug-likeness (QED) is 0.361. The Morgan fingerprint density at radius 3 is 2.71 bits per heavy atom. The summed E-state index contributed by atoms with van der Waals surface area (Å²) in [5.41, 5.74) is 4.56. The van der Waals surface area contributed by atoms with Gasteiger partial charge in [-0.25, -0.2) is 10.4 Å². The lowest BCUT2D eigenvalue weighted by atomic mass is 10.1. The number of rotatable bonds is 7. The van der Waals surface area contributed by atoms with Gasteiger partial charge in [-0.05, 0) is 36.4 Å². The van der Waals surface area contributed by atoms with Gasteiger partial charge in [0.25, 0.3) is 5.91 Å². The van der Waals surface area contributed by atoms with Gasteiger partial charge in [-0.3, -0.25) is 4.79 Å². The van der Waals surface area contributed by atoms with E-state index in [1.165, 1.54) is 6.21 Å². The molecule has 0 radical (unpaired) electrons. The number of methoxy groups -OCH3 is 2. The summed E-state index contributed by atoms with van der Waals surface area (Å²) in [4.78, 5) is 16.3. The Morgan fingerprint density at radius 2 is 1.93 bits per heavy atom. The van der Waals surface area contributed by atoms with Crippen LogP contribution in [0.15, 0.2) is 53.6 Å². The number of halogens is 1. The second-order valence-electron chi connectivity index (χ2n) is 5.81. The number of hydrogen-bond acceptors (Lipinski definition) is 6. The van der Waals surface area contributed by atoms with Crippen molar-refractivity contribution < 1.29 is 14.3 Å². The van der Waals surface area contributed by atoms with Gasteiger partial charge in [-0.1, -0.05) is 17.7 Å². The van der Waals surface area contributed by atoms with E-state index in [4.69, 9.17) is 21.1 Å². The number of pyridine rings is 1. The maximum atomic E-state index is 12.0. The number of nitrogens with one attached hydrogen (secondary N) is 2. The average molecular weight is 399 g/mol. The van der Waals surface area contributed by atoms with Gasteiger partial charge in [0.05, 0.1) is 32.5 Å². The Balaban J connectivity index is 1.61. The maximum Gasteiger partial charge on any atom is 0.259 e. The van der Waals surface area contributed by atoms with Gasteiger partial charge in [-0.2, -0.15) is 5.10 Å². The van der Waals surface area contributed by atoms with Gasteiger partial charge in [-0.15, -0.1) is 0 Å². The highest BCUT2D eigenvalue weighted by atomic mass is 35.5. The molecule has 0 saturated heterocycles. The zero-order chi connectivity index (χ0) is 19.9. The minimum atomic E-state index is -0.300. The number of nitrogens with zero attached hydrogens (tertiary/aromatic N) is 2. The van der Waals surface area contributed by atoms with E-state index < -0.39 is 0 Å². The summed E-state index contributed by atoms with van der Waals surface area (Å²) >= 11 is 6.19. The molecule has 8 heteroatoms. The molecule has 2 N–H and O–H groups in total. The number of ether oxygens (including phenoxy) is 2. The van der Waals surface area contributed by atoms with Crippen molar-refractivity contribution in [2.75, 3.05) is 26.1 Å². The highest BCUT2D eigenvalue weighted by Crippen LogP contribution is 2.23. The molecule has 0 fully saturated rings. The predicted octanol–water partition coefficient (Wildman–Crippen LogP) is 3.47. The lowest BCUT2D eigenvalue weighted by molar-refractivity contribution is -0.119. The van der Waals surface area contributed by atoms with E-state index in [0.29, 0.717) is 16.5 Å². The molecule has 0 spiro atoms. The molecule has 3 rings (SSSR count). The minimum absolute atomic E-state index is 0.0609. The van der Waals surface area contributed by atoms with E-state index in [1.807, 2.05) is 42.5 Å². The molecule has 144 valence electrons. The van der Waals surface area contributed by atoms with Crippen molar-refractivity contribution in [3.05, 3.63) is 59.2 Å². The van der Waals surface area contributed by atoms with Gasteiger partial charge in [0.1, 0.15) is 16.7 Å². The van der Waals surface area contributed by atoms with Crippen molar-refractivity contribution in [2.24, 2.45) is 5.10 Å².